The number of H-pyrrole nitrogens is 1. The maximum Gasteiger partial charge on any atom is 0.336 e. The second-order valence-electron chi connectivity index (χ2n) is 6.37. The molecule has 0 bridgehead atoms. The van der Waals surface area contributed by atoms with Crippen molar-refractivity contribution in [2.24, 2.45) is 0 Å². The van der Waals surface area contributed by atoms with E-state index in [1.165, 1.54) is 0 Å². The third-order valence-corrected chi connectivity index (χ3v) is 4.68. The normalized spacial score (nSPS) is 15.1. The summed E-state index contributed by atoms with van der Waals surface area (Å²) < 4.78 is 10.6. The van der Waals surface area contributed by atoms with Crippen LogP contribution in [0.3, 0.4) is 0 Å². The van der Waals surface area contributed by atoms with Gasteiger partial charge in [-0.15, -0.1) is 0 Å². The van der Waals surface area contributed by atoms with Gasteiger partial charge in [-0.1, -0.05) is 18.2 Å². The highest BCUT2D eigenvalue weighted by Gasteiger charge is 2.38. The molecule has 0 amide bonds. The highest BCUT2D eigenvalue weighted by atomic mass is 16.5. The van der Waals surface area contributed by atoms with Gasteiger partial charge in [0, 0.05) is 28.5 Å². The van der Waals surface area contributed by atoms with Gasteiger partial charge >= 0.3 is 11.9 Å². The van der Waals surface area contributed by atoms with E-state index >= 15 is 0 Å². The molecular weight excluding hydrogens is 344 g/mol. The molecule has 0 aliphatic carbocycles. The fourth-order valence-electron chi connectivity index (χ4n) is 3.60. The molecule has 2 aromatic rings. The number of esters is 2. The minimum Gasteiger partial charge on any atom is -0.463 e. The van der Waals surface area contributed by atoms with Crippen molar-refractivity contribution >= 4 is 22.8 Å². The Labute approximate surface area is 158 Å². The summed E-state index contributed by atoms with van der Waals surface area (Å²) in [5.74, 6) is -1.44. The Morgan fingerprint density at radius 1 is 0.963 bits per heavy atom. The van der Waals surface area contributed by atoms with E-state index in [0.29, 0.717) is 22.5 Å². The Bertz CT molecular complexity index is 912. The topological polar surface area (TPSA) is 80.4 Å². The second kappa shape index (κ2) is 7.70. The van der Waals surface area contributed by atoms with Gasteiger partial charge in [0.25, 0.3) is 0 Å². The van der Waals surface area contributed by atoms with Crippen LogP contribution in [0.4, 0.5) is 0 Å². The number of benzene rings is 1. The third-order valence-electron chi connectivity index (χ3n) is 4.68. The second-order valence-corrected chi connectivity index (χ2v) is 6.37. The van der Waals surface area contributed by atoms with Gasteiger partial charge in [-0.2, -0.15) is 0 Å². The summed E-state index contributed by atoms with van der Waals surface area (Å²) in [6.45, 7) is 7.68. The molecule has 6 heteroatoms. The zero-order chi connectivity index (χ0) is 19.6. The summed E-state index contributed by atoms with van der Waals surface area (Å²) in [4.78, 5) is 28.8. The predicted molar refractivity (Wildman–Crippen MR) is 103 cm³/mol. The van der Waals surface area contributed by atoms with E-state index in [2.05, 4.69) is 10.3 Å². The molecule has 0 spiro atoms. The molecule has 27 heavy (non-hydrogen) atoms. The van der Waals surface area contributed by atoms with Crippen LogP contribution in [0.25, 0.3) is 10.9 Å². The molecule has 0 saturated carbocycles. The van der Waals surface area contributed by atoms with Crippen molar-refractivity contribution in [3.8, 4) is 0 Å². The van der Waals surface area contributed by atoms with E-state index in [-0.39, 0.29) is 13.2 Å². The molecule has 0 unspecified atom stereocenters. The first kappa shape index (κ1) is 18.8. The highest BCUT2D eigenvalue weighted by Crippen LogP contribution is 2.41. The first-order valence-corrected chi connectivity index (χ1v) is 9.08. The van der Waals surface area contributed by atoms with Gasteiger partial charge in [0.1, 0.15) is 0 Å². The minimum absolute atomic E-state index is 0.258. The number of carbonyl (C=O) groups is 2. The Hall–Kier alpha value is -3.02. The molecular formula is C21H24N2O4. The van der Waals surface area contributed by atoms with Gasteiger partial charge in [0.15, 0.2) is 0 Å². The molecule has 0 saturated heterocycles. The van der Waals surface area contributed by atoms with Crippen molar-refractivity contribution in [3.05, 3.63) is 58.6 Å². The maximum absolute atomic E-state index is 12.8. The molecule has 2 N–H and O–H groups in total. The number of carbonyl (C=O) groups excluding carboxylic acids is 2. The zero-order valence-corrected chi connectivity index (χ0v) is 16.0. The standard InChI is InChI=1S/C21H24N2O4/c1-5-26-20(24)17-12(3)23-13(4)18(21(25)27-6-2)19(17)15-11-22-16-10-8-7-9-14(15)16/h7-11,19,22-23H,5-6H2,1-4H3. The van der Waals surface area contributed by atoms with Crippen LogP contribution >= 0.6 is 0 Å². The van der Waals surface area contributed by atoms with E-state index in [1.807, 2.05) is 44.3 Å². The smallest absolute Gasteiger partial charge is 0.336 e. The van der Waals surface area contributed by atoms with Gasteiger partial charge in [-0.3, -0.25) is 0 Å². The number of nitrogens with one attached hydrogen (secondary N) is 2. The van der Waals surface area contributed by atoms with Crippen LogP contribution in [-0.4, -0.2) is 30.1 Å². The van der Waals surface area contributed by atoms with E-state index in [9.17, 15) is 9.59 Å². The van der Waals surface area contributed by atoms with Crippen molar-refractivity contribution in [3.63, 3.8) is 0 Å². The quantitative estimate of drug-likeness (QED) is 0.789. The summed E-state index contributed by atoms with van der Waals surface area (Å²) in [7, 11) is 0. The van der Waals surface area contributed by atoms with Gasteiger partial charge in [0.2, 0.25) is 0 Å². The lowest BCUT2D eigenvalue weighted by Gasteiger charge is -2.30. The summed E-state index contributed by atoms with van der Waals surface area (Å²) >= 11 is 0. The van der Waals surface area contributed by atoms with E-state index in [1.54, 1.807) is 13.8 Å². The SMILES string of the molecule is CCOC(=O)C1=C(C)NC(C)=C(C(=O)OCC)C1c1c[nH]c2ccccc12. The largest absolute Gasteiger partial charge is 0.463 e. The first-order valence-electron chi connectivity index (χ1n) is 9.08. The van der Waals surface area contributed by atoms with Gasteiger partial charge in [-0.05, 0) is 39.3 Å². The number of ether oxygens (including phenoxy) is 2. The summed E-state index contributed by atoms with van der Waals surface area (Å²) in [6.07, 6.45) is 1.85. The number of allylic oxidation sites excluding steroid dienone is 2. The molecule has 1 aliphatic heterocycles. The lowest BCUT2D eigenvalue weighted by Crippen LogP contribution is -2.32. The van der Waals surface area contributed by atoms with E-state index in [4.69, 9.17) is 9.47 Å². The van der Waals surface area contributed by atoms with Crippen LogP contribution in [0.15, 0.2) is 53.0 Å². The zero-order valence-electron chi connectivity index (χ0n) is 16.0. The molecule has 0 radical (unpaired) electrons. The summed E-state index contributed by atoms with van der Waals surface area (Å²) in [5.41, 5.74) is 3.98. The van der Waals surface area contributed by atoms with Gasteiger partial charge in [-0.25, -0.2) is 9.59 Å². The lowest BCUT2D eigenvalue weighted by atomic mass is 9.80. The number of aromatic nitrogens is 1. The van der Waals surface area contributed by atoms with Gasteiger partial charge < -0.3 is 19.8 Å². The van der Waals surface area contributed by atoms with Crippen LogP contribution in [0.2, 0.25) is 0 Å². The molecule has 6 nitrogen and oxygen atoms in total. The maximum atomic E-state index is 12.8. The Morgan fingerprint density at radius 3 is 2.07 bits per heavy atom. The van der Waals surface area contributed by atoms with E-state index in [0.717, 1.165) is 16.5 Å². The number of hydrogen-bond donors (Lipinski definition) is 2. The Balaban J connectivity index is 2.23. The molecule has 1 aliphatic rings. The number of fused-ring (bicyclic) bond motifs is 1. The fourth-order valence-corrected chi connectivity index (χ4v) is 3.60. The van der Waals surface area contributed by atoms with Crippen LogP contribution in [0, 0.1) is 0 Å². The van der Waals surface area contributed by atoms with Crippen molar-refractivity contribution in [2.75, 3.05) is 13.2 Å². The van der Waals surface area contributed by atoms with Crippen molar-refractivity contribution < 1.29 is 19.1 Å². The first-order chi connectivity index (χ1) is 13.0. The van der Waals surface area contributed by atoms with Crippen molar-refractivity contribution in [1.29, 1.82) is 0 Å². The Kier molecular flexibility index (Phi) is 5.35. The lowest BCUT2D eigenvalue weighted by molar-refractivity contribution is -0.139. The molecule has 142 valence electrons. The molecule has 1 aromatic heterocycles. The molecule has 2 heterocycles. The summed E-state index contributed by atoms with van der Waals surface area (Å²) in [6, 6.07) is 7.80. The average Bonchev–Trinajstić information content (AvgIpc) is 3.05. The average molecular weight is 368 g/mol. The Morgan fingerprint density at radius 2 is 1.52 bits per heavy atom. The minimum atomic E-state index is -0.569. The summed E-state index contributed by atoms with van der Waals surface area (Å²) in [5, 5.41) is 4.10. The van der Waals surface area contributed by atoms with Gasteiger partial charge in [0.05, 0.1) is 30.3 Å². The monoisotopic (exact) mass is 368 g/mol. The van der Waals surface area contributed by atoms with Crippen molar-refractivity contribution in [1.82, 2.24) is 10.3 Å². The molecule has 0 fully saturated rings. The number of rotatable bonds is 5. The van der Waals surface area contributed by atoms with Crippen LogP contribution in [0.5, 0.6) is 0 Å². The number of dihydropyridines is 1. The molecule has 0 atom stereocenters. The number of aromatic amines is 1. The predicted octanol–water partition coefficient (Wildman–Crippen LogP) is 3.53. The fraction of sp³-hybridized carbons (Fsp3) is 0.333. The highest BCUT2D eigenvalue weighted by molar-refractivity contribution is 6.01. The van der Waals surface area contributed by atoms with Crippen molar-refractivity contribution in [2.45, 2.75) is 33.6 Å². The van der Waals surface area contributed by atoms with E-state index < -0.39 is 17.9 Å². The van der Waals surface area contributed by atoms with Crippen LogP contribution in [0.1, 0.15) is 39.2 Å². The van der Waals surface area contributed by atoms with Crippen LogP contribution < -0.4 is 5.32 Å². The van der Waals surface area contributed by atoms with Crippen LogP contribution in [-0.2, 0) is 19.1 Å². The molecule has 1 aromatic carbocycles. The molecule has 3 rings (SSSR count). The number of hydrogen-bond acceptors (Lipinski definition) is 5. The third kappa shape index (κ3) is 3.35. The number of para-hydroxylation sites is 1.